The van der Waals surface area contributed by atoms with Gasteiger partial charge in [-0.2, -0.15) is 0 Å². The lowest BCUT2D eigenvalue weighted by Gasteiger charge is -2.14. The summed E-state index contributed by atoms with van der Waals surface area (Å²) in [5.74, 6) is 1.66. The topological polar surface area (TPSA) is 3.88 Å². The predicted molar refractivity (Wildman–Crippen MR) is 122 cm³/mol. The Balaban J connectivity index is 1.57. The number of fused-ring (bicyclic) bond motifs is 1. The lowest BCUT2D eigenvalue weighted by Crippen LogP contribution is -2.30. The van der Waals surface area contributed by atoms with Gasteiger partial charge in [0.05, 0.1) is 5.39 Å². The molecule has 0 aliphatic heterocycles. The average Bonchev–Trinajstić information content (AvgIpc) is 3.43. The SMILES string of the molecule is Cc1ccc(C2CCCC2)cc1-c1c2ccc(CC3CCCC3)cc2cc[n+]1C. The van der Waals surface area contributed by atoms with E-state index in [2.05, 4.69) is 67.2 Å². The minimum atomic E-state index is 0.757. The van der Waals surface area contributed by atoms with E-state index in [1.807, 2.05) is 0 Å². The molecule has 0 atom stereocenters. The van der Waals surface area contributed by atoms with Crippen molar-refractivity contribution in [1.29, 1.82) is 0 Å². The van der Waals surface area contributed by atoms with E-state index in [4.69, 9.17) is 0 Å². The maximum Gasteiger partial charge on any atom is 0.220 e. The summed E-state index contributed by atoms with van der Waals surface area (Å²) < 4.78 is 2.32. The molecule has 0 saturated heterocycles. The van der Waals surface area contributed by atoms with Gasteiger partial charge in [0, 0.05) is 11.6 Å². The second kappa shape index (κ2) is 7.94. The molecule has 2 aliphatic carbocycles. The van der Waals surface area contributed by atoms with E-state index in [0.29, 0.717) is 0 Å². The Hall–Kier alpha value is -2.15. The number of nitrogens with zero attached hydrogens (tertiary/aromatic N) is 1. The predicted octanol–water partition coefficient (Wildman–Crippen LogP) is 7.03. The summed E-state index contributed by atoms with van der Waals surface area (Å²) in [7, 11) is 2.20. The third-order valence-electron chi connectivity index (χ3n) is 7.54. The first kappa shape index (κ1) is 18.9. The molecule has 0 radical (unpaired) electrons. The highest BCUT2D eigenvalue weighted by atomic mass is 14.9. The molecule has 1 heterocycles. The number of benzene rings is 2. The van der Waals surface area contributed by atoms with Crippen LogP contribution in [-0.4, -0.2) is 0 Å². The van der Waals surface area contributed by atoms with Crippen LogP contribution >= 0.6 is 0 Å². The Kier molecular flexibility index (Phi) is 5.16. The first-order valence-electron chi connectivity index (χ1n) is 11.7. The van der Waals surface area contributed by atoms with Crippen LogP contribution in [0, 0.1) is 12.8 Å². The number of aryl methyl sites for hydroxylation is 2. The number of hydrogen-bond donors (Lipinski definition) is 0. The van der Waals surface area contributed by atoms with E-state index in [-0.39, 0.29) is 0 Å². The number of aromatic nitrogens is 1. The van der Waals surface area contributed by atoms with Gasteiger partial charge in [0.25, 0.3) is 0 Å². The van der Waals surface area contributed by atoms with Crippen LogP contribution in [0.15, 0.2) is 48.7 Å². The maximum absolute atomic E-state index is 2.49. The summed E-state index contributed by atoms with van der Waals surface area (Å²) in [6.45, 7) is 2.26. The van der Waals surface area contributed by atoms with Crippen LogP contribution in [-0.2, 0) is 13.5 Å². The van der Waals surface area contributed by atoms with E-state index in [1.54, 1.807) is 0 Å². The Morgan fingerprint density at radius 1 is 0.862 bits per heavy atom. The smallest absolute Gasteiger partial charge is 0.200 e. The quantitative estimate of drug-likeness (QED) is 0.425. The van der Waals surface area contributed by atoms with Gasteiger partial charge < -0.3 is 0 Å². The zero-order valence-electron chi connectivity index (χ0n) is 18.1. The van der Waals surface area contributed by atoms with E-state index >= 15 is 0 Å². The molecule has 5 rings (SSSR count). The van der Waals surface area contributed by atoms with Crippen molar-refractivity contribution in [3.05, 3.63) is 65.4 Å². The fourth-order valence-electron chi connectivity index (χ4n) is 5.84. The van der Waals surface area contributed by atoms with Gasteiger partial charge in [-0.1, -0.05) is 62.8 Å². The van der Waals surface area contributed by atoms with Gasteiger partial charge in [0.15, 0.2) is 6.20 Å². The maximum atomic E-state index is 2.49. The fraction of sp³-hybridized carbons (Fsp3) is 0.464. The molecule has 1 aromatic heterocycles. The van der Waals surface area contributed by atoms with E-state index in [9.17, 15) is 0 Å². The van der Waals surface area contributed by atoms with Crippen LogP contribution in [0.5, 0.6) is 0 Å². The van der Waals surface area contributed by atoms with Gasteiger partial charge >= 0.3 is 0 Å². The molecule has 2 saturated carbocycles. The second-order valence-electron chi connectivity index (χ2n) is 9.61. The van der Waals surface area contributed by atoms with Gasteiger partial charge in [-0.25, -0.2) is 4.57 Å². The van der Waals surface area contributed by atoms with Crippen LogP contribution in [0.25, 0.3) is 22.0 Å². The highest BCUT2D eigenvalue weighted by Gasteiger charge is 2.22. The van der Waals surface area contributed by atoms with Crippen molar-refractivity contribution in [3.8, 4) is 11.3 Å². The van der Waals surface area contributed by atoms with Crippen LogP contribution in [0.1, 0.15) is 74.0 Å². The lowest BCUT2D eigenvalue weighted by molar-refractivity contribution is -0.659. The van der Waals surface area contributed by atoms with Crippen molar-refractivity contribution in [1.82, 2.24) is 0 Å². The average molecular weight is 385 g/mol. The zero-order valence-corrected chi connectivity index (χ0v) is 18.1. The first-order valence-corrected chi connectivity index (χ1v) is 11.7. The summed E-state index contributed by atoms with van der Waals surface area (Å²) in [6.07, 6.45) is 14.7. The first-order chi connectivity index (χ1) is 14.2. The van der Waals surface area contributed by atoms with Crippen molar-refractivity contribution < 1.29 is 4.57 Å². The van der Waals surface area contributed by atoms with Crippen molar-refractivity contribution in [2.75, 3.05) is 0 Å². The molecule has 0 bridgehead atoms. The normalized spacial score (nSPS) is 18.1. The summed E-state index contributed by atoms with van der Waals surface area (Å²) in [6, 6.07) is 16.7. The summed E-state index contributed by atoms with van der Waals surface area (Å²) in [5.41, 5.74) is 7.21. The lowest BCUT2D eigenvalue weighted by atomic mass is 9.90. The van der Waals surface area contributed by atoms with Gasteiger partial charge in [0.2, 0.25) is 5.69 Å². The van der Waals surface area contributed by atoms with Crippen molar-refractivity contribution in [2.45, 2.75) is 70.6 Å². The molecule has 2 aliphatic rings. The second-order valence-corrected chi connectivity index (χ2v) is 9.61. The van der Waals surface area contributed by atoms with Crippen LogP contribution in [0.3, 0.4) is 0 Å². The van der Waals surface area contributed by atoms with Gasteiger partial charge in [-0.05, 0) is 72.2 Å². The monoisotopic (exact) mass is 384 g/mol. The van der Waals surface area contributed by atoms with Crippen molar-refractivity contribution in [2.24, 2.45) is 13.0 Å². The molecule has 2 fully saturated rings. The van der Waals surface area contributed by atoms with Gasteiger partial charge in [-0.15, -0.1) is 0 Å². The molecule has 1 nitrogen and oxygen atoms in total. The molecule has 3 aromatic rings. The van der Waals surface area contributed by atoms with Crippen molar-refractivity contribution in [3.63, 3.8) is 0 Å². The number of pyridine rings is 1. The Morgan fingerprint density at radius 2 is 1.62 bits per heavy atom. The van der Waals surface area contributed by atoms with E-state index < -0.39 is 0 Å². The largest absolute Gasteiger partial charge is 0.220 e. The molecule has 1 heteroatoms. The fourth-order valence-corrected chi connectivity index (χ4v) is 5.84. The molecular weight excluding hydrogens is 350 g/mol. The minimum Gasteiger partial charge on any atom is -0.200 e. The molecule has 0 spiro atoms. The molecule has 0 N–H and O–H groups in total. The van der Waals surface area contributed by atoms with Gasteiger partial charge in [-0.3, -0.25) is 0 Å². The number of rotatable bonds is 4. The number of hydrogen-bond acceptors (Lipinski definition) is 0. The molecule has 0 amide bonds. The van der Waals surface area contributed by atoms with Crippen LogP contribution < -0.4 is 4.57 Å². The minimum absolute atomic E-state index is 0.757. The van der Waals surface area contributed by atoms with Crippen molar-refractivity contribution >= 4 is 10.8 Å². The Labute approximate surface area is 175 Å². The zero-order chi connectivity index (χ0) is 19.8. The van der Waals surface area contributed by atoms with E-state index in [0.717, 1.165) is 11.8 Å². The molecular formula is C28H34N+. The summed E-state index contributed by atoms with van der Waals surface area (Å²) in [5, 5.41) is 2.77. The summed E-state index contributed by atoms with van der Waals surface area (Å²) >= 11 is 0. The highest BCUT2D eigenvalue weighted by molar-refractivity contribution is 5.94. The third-order valence-corrected chi connectivity index (χ3v) is 7.54. The summed E-state index contributed by atoms with van der Waals surface area (Å²) in [4.78, 5) is 0. The highest BCUT2D eigenvalue weighted by Crippen LogP contribution is 2.37. The Bertz CT molecular complexity index is 1020. The van der Waals surface area contributed by atoms with Crippen LogP contribution in [0.2, 0.25) is 0 Å². The standard InChI is InChI=1S/C28H34N/c1-20-11-13-24(23-9-5-6-10-23)19-27(20)28-26-14-12-22(17-21-7-3-4-8-21)18-25(26)15-16-29(28)2/h11-16,18-19,21,23H,3-10,17H2,1-2H3/q+1. The van der Waals surface area contributed by atoms with Gasteiger partial charge in [0.1, 0.15) is 7.05 Å². The molecule has 0 unspecified atom stereocenters. The van der Waals surface area contributed by atoms with E-state index in [1.165, 1.54) is 96.5 Å². The third kappa shape index (κ3) is 3.72. The molecule has 2 aromatic carbocycles. The molecule has 150 valence electrons. The Morgan fingerprint density at radius 3 is 2.41 bits per heavy atom. The van der Waals surface area contributed by atoms with Crippen LogP contribution in [0.4, 0.5) is 0 Å². The molecule has 29 heavy (non-hydrogen) atoms.